The molecule has 0 unspecified atom stereocenters. The Morgan fingerprint density at radius 1 is 1.14 bits per heavy atom. The number of sulfonamides is 1. The van der Waals surface area contributed by atoms with Gasteiger partial charge in [0.05, 0.1) is 21.5 Å². The third-order valence-electron chi connectivity index (χ3n) is 2.60. The minimum Gasteiger partial charge on any atom is -0.280 e. The van der Waals surface area contributed by atoms with E-state index >= 15 is 0 Å². The van der Waals surface area contributed by atoms with Crippen LogP contribution in [-0.4, -0.2) is 13.3 Å². The van der Waals surface area contributed by atoms with Gasteiger partial charge in [-0.15, -0.1) is 0 Å². The summed E-state index contributed by atoms with van der Waals surface area (Å²) in [7, 11) is -3.93. The summed E-state index contributed by atoms with van der Waals surface area (Å²) in [5, 5.41) is 19.3. The van der Waals surface area contributed by atoms with Crippen LogP contribution in [-0.2, 0) is 10.0 Å². The molecular weight excluding hydrogens is 294 g/mol. The third kappa shape index (κ3) is 3.34. The Morgan fingerprint density at radius 2 is 1.81 bits per heavy atom. The van der Waals surface area contributed by atoms with E-state index < -0.39 is 14.9 Å². The van der Waals surface area contributed by atoms with Gasteiger partial charge in [0.15, 0.2) is 0 Å². The van der Waals surface area contributed by atoms with E-state index in [1.807, 2.05) is 6.07 Å². The van der Waals surface area contributed by atoms with Gasteiger partial charge in [-0.2, -0.15) is 5.26 Å². The second kappa shape index (κ2) is 5.60. The number of hydrogen-bond donors (Lipinski definition) is 1. The molecule has 7 nitrogen and oxygen atoms in total. The van der Waals surface area contributed by atoms with Crippen LogP contribution in [0.2, 0.25) is 0 Å². The van der Waals surface area contributed by atoms with Gasteiger partial charge in [-0.25, -0.2) is 8.42 Å². The van der Waals surface area contributed by atoms with Crippen molar-refractivity contribution >= 4 is 21.4 Å². The number of nitrogens with one attached hydrogen (secondary N) is 1. The van der Waals surface area contributed by atoms with Crippen molar-refractivity contribution in [1.82, 2.24) is 0 Å². The fraction of sp³-hybridized carbons (Fsp3) is 0. The molecule has 0 heterocycles. The zero-order valence-electron chi connectivity index (χ0n) is 10.6. The number of nitro benzene ring substituents is 1. The van der Waals surface area contributed by atoms with E-state index in [1.165, 1.54) is 42.5 Å². The monoisotopic (exact) mass is 303 g/mol. The van der Waals surface area contributed by atoms with Crippen LogP contribution >= 0.6 is 0 Å². The van der Waals surface area contributed by atoms with Crippen molar-refractivity contribution in [1.29, 1.82) is 5.26 Å². The molecule has 2 aromatic carbocycles. The number of rotatable bonds is 4. The largest absolute Gasteiger partial charge is 0.280 e. The van der Waals surface area contributed by atoms with Crippen molar-refractivity contribution in [3.63, 3.8) is 0 Å². The van der Waals surface area contributed by atoms with Gasteiger partial charge in [0.25, 0.3) is 15.7 Å². The molecule has 0 aliphatic heterocycles. The summed E-state index contributed by atoms with van der Waals surface area (Å²) < 4.78 is 26.6. The summed E-state index contributed by atoms with van der Waals surface area (Å²) in [5.41, 5.74) is 0.353. The zero-order chi connectivity index (χ0) is 15.5. The molecule has 0 fully saturated rings. The van der Waals surface area contributed by atoms with E-state index in [4.69, 9.17) is 5.26 Å². The molecule has 2 rings (SSSR count). The number of nitriles is 1. The molecule has 2 aromatic rings. The van der Waals surface area contributed by atoms with Gasteiger partial charge in [0, 0.05) is 17.8 Å². The topological polar surface area (TPSA) is 113 Å². The molecule has 0 aromatic heterocycles. The molecule has 0 spiro atoms. The van der Waals surface area contributed by atoms with Crippen LogP contribution in [0.25, 0.3) is 0 Å². The molecule has 0 radical (unpaired) electrons. The van der Waals surface area contributed by atoms with Crippen LogP contribution in [0.5, 0.6) is 0 Å². The van der Waals surface area contributed by atoms with E-state index in [1.54, 1.807) is 0 Å². The molecule has 0 saturated heterocycles. The summed E-state index contributed by atoms with van der Waals surface area (Å²) in [5.74, 6) is 0. The quantitative estimate of drug-likeness (QED) is 0.687. The molecule has 0 bridgehead atoms. The summed E-state index contributed by atoms with van der Waals surface area (Å²) in [6.07, 6.45) is 0. The maximum absolute atomic E-state index is 12.1. The standard InChI is InChI=1S/C13H9N3O4S/c14-9-10-4-6-11(7-5-10)15-21(19,20)13-3-1-2-12(8-13)16(17)18/h1-8,15H. The maximum atomic E-state index is 12.1. The average Bonchev–Trinajstić information content (AvgIpc) is 2.48. The second-order valence-corrected chi connectivity index (χ2v) is 5.73. The number of benzene rings is 2. The highest BCUT2D eigenvalue weighted by molar-refractivity contribution is 7.92. The number of anilines is 1. The van der Waals surface area contributed by atoms with E-state index in [-0.39, 0.29) is 16.3 Å². The molecule has 0 amide bonds. The van der Waals surface area contributed by atoms with Crippen molar-refractivity contribution < 1.29 is 13.3 Å². The molecule has 1 N–H and O–H groups in total. The van der Waals surface area contributed by atoms with Gasteiger partial charge >= 0.3 is 0 Å². The van der Waals surface area contributed by atoms with Gasteiger partial charge in [-0.1, -0.05) is 6.07 Å². The van der Waals surface area contributed by atoms with Crippen LogP contribution in [0.15, 0.2) is 53.4 Å². The van der Waals surface area contributed by atoms with Crippen molar-refractivity contribution in [2.24, 2.45) is 0 Å². The Balaban J connectivity index is 2.31. The molecule has 8 heteroatoms. The molecule has 0 aliphatic rings. The van der Waals surface area contributed by atoms with Crippen molar-refractivity contribution in [3.8, 4) is 6.07 Å². The second-order valence-electron chi connectivity index (χ2n) is 4.05. The number of non-ortho nitro benzene ring substituents is 1. The smallest absolute Gasteiger partial charge is 0.270 e. The molecule has 0 saturated carbocycles. The molecular formula is C13H9N3O4S. The molecule has 106 valence electrons. The Bertz CT molecular complexity index is 823. The van der Waals surface area contributed by atoms with Gasteiger partial charge in [-0.3, -0.25) is 14.8 Å². The highest BCUT2D eigenvalue weighted by Gasteiger charge is 2.17. The molecule has 0 aliphatic carbocycles. The van der Waals surface area contributed by atoms with Crippen molar-refractivity contribution in [2.75, 3.05) is 4.72 Å². The van der Waals surface area contributed by atoms with E-state index in [9.17, 15) is 18.5 Å². The predicted octanol–water partition coefficient (Wildman–Crippen LogP) is 2.27. The highest BCUT2D eigenvalue weighted by atomic mass is 32.2. The number of nitrogens with zero attached hydrogens (tertiary/aromatic N) is 2. The number of nitro groups is 1. The van der Waals surface area contributed by atoms with Gasteiger partial charge < -0.3 is 0 Å². The van der Waals surface area contributed by atoms with E-state index in [0.29, 0.717) is 5.56 Å². The minimum absolute atomic E-state index is 0.207. The molecule has 21 heavy (non-hydrogen) atoms. The first-order valence-electron chi connectivity index (χ1n) is 5.70. The summed E-state index contributed by atoms with van der Waals surface area (Å²) in [4.78, 5) is 9.80. The first-order chi connectivity index (χ1) is 9.92. The Labute approximate surface area is 120 Å². The lowest BCUT2D eigenvalue weighted by Crippen LogP contribution is -2.13. The van der Waals surface area contributed by atoms with Gasteiger partial charge in [0.1, 0.15) is 0 Å². The summed E-state index contributed by atoms with van der Waals surface area (Å²) in [6.45, 7) is 0. The fourth-order valence-electron chi connectivity index (χ4n) is 1.59. The SMILES string of the molecule is N#Cc1ccc(NS(=O)(=O)c2cccc([N+](=O)[O-])c2)cc1. The van der Waals surface area contributed by atoms with Crippen LogP contribution in [0, 0.1) is 21.4 Å². The molecule has 0 atom stereocenters. The lowest BCUT2D eigenvalue weighted by atomic mass is 10.2. The van der Waals surface area contributed by atoms with Crippen LogP contribution in [0.4, 0.5) is 11.4 Å². The maximum Gasteiger partial charge on any atom is 0.270 e. The van der Waals surface area contributed by atoms with Crippen LogP contribution in [0.3, 0.4) is 0 Å². The lowest BCUT2D eigenvalue weighted by molar-refractivity contribution is -0.385. The van der Waals surface area contributed by atoms with E-state index in [0.717, 1.165) is 6.07 Å². The Hall–Kier alpha value is -2.92. The third-order valence-corrected chi connectivity index (χ3v) is 3.98. The highest BCUT2D eigenvalue weighted by Crippen LogP contribution is 2.20. The normalized spacial score (nSPS) is 10.6. The zero-order valence-corrected chi connectivity index (χ0v) is 11.4. The first kappa shape index (κ1) is 14.5. The number of hydrogen-bond acceptors (Lipinski definition) is 5. The Kier molecular flexibility index (Phi) is 3.86. The minimum atomic E-state index is -3.93. The average molecular weight is 303 g/mol. The lowest BCUT2D eigenvalue weighted by Gasteiger charge is -2.07. The predicted molar refractivity (Wildman–Crippen MR) is 75.1 cm³/mol. The summed E-state index contributed by atoms with van der Waals surface area (Å²) >= 11 is 0. The Morgan fingerprint density at radius 3 is 2.38 bits per heavy atom. The fourth-order valence-corrected chi connectivity index (χ4v) is 2.69. The van der Waals surface area contributed by atoms with Crippen LogP contribution < -0.4 is 4.72 Å². The van der Waals surface area contributed by atoms with Crippen molar-refractivity contribution in [3.05, 3.63) is 64.2 Å². The summed E-state index contributed by atoms with van der Waals surface area (Å²) in [6, 6.07) is 12.5. The van der Waals surface area contributed by atoms with Gasteiger partial charge in [-0.05, 0) is 30.3 Å². The van der Waals surface area contributed by atoms with E-state index in [2.05, 4.69) is 4.72 Å². The first-order valence-corrected chi connectivity index (χ1v) is 7.18. The van der Waals surface area contributed by atoms with Crippen LogP contribution in [0.1, 0.15) is 5.56 Å². The van der Waals surface area contributed by atoms with Crippen molar-refractivity contribution in [2.45, 2.75) is 4.90 Å². The van der Waals surface area contributed by atoms with Gasteiger partial charge in [0.2, 0.25) is 0 Å².